The van der Waals surface area contributed by atoms with Crippen molar-refractivity contribution in [3.63, 3.8) is 0 Å². The summed E-state index contributed by atoms with van der Waals surface area (Å²) < 4.78 is 32.2. The molecule has 0 bridgehead atoms. The second-order valence-corrected chi connectivity index (χ2v) is 11.7. The fraction of sp³-hybridized carbons (Fsp3) is 0.436. The quantitative estimate of drug-likeness (QED) is 0.234. The van der Waals surface area contributed by atoms with Gasteiger partial charge in [-0.15, -0.1) is 24.8 Å². The molecule has 2 aromatic carbocycles. The summed E-state index contributed by atoms with van der Waals surface area (Å²) in [6.07, 6.45) is 7.23. The van der Waals surface area contributed by atoms with Crippen molar-refractivity contribution < 1.29 is 38.0 Å². The van der Waals surface area contributed by atoms with E-state index in [1.54, 1.807) is 79.1 Å². The SMILES string of the molecule is COc1cc(C#CC=CC(=O)N2CCN(CCCN3CCN(C(=O)C=CC#Cc4cc(OC)c(OC)c(OC)c4)CC3)CC2)cc(OC)c1OC.Cl.Cl. The summed E-state index contributed by atoms with van der Waals surface area (Å²) in [5.41, 5.74) is 1.38. The first-order valence-corrected chi connectivity index (χ1v) is 16.8. The van der Waals surface area contributed by atoms with Gasteiger partial charge in [-0.05, 0) is 55.9 Å². The number of amides is 2. The fourth-order valence-electron chi connectivity index (χ4n) is 5.89. The lowest BCUT2D eigenvalue weighted by molar-refractivity contribution is -0.128. The zero-order valence-corrected chi connectivity index (χ0v) is 32.9. The van der Waals surface area contributed by atoms with Crippen LogP contribution in [-0.4, -0.2) is 140 Å². The Labute approximate surface area is 325 Å². The third kappa shape index (κ3) is 12.7. The molecule has 0 aliphatic carbocycles. The minimum atomic E-state index is -0.0401. The van der Waals surface area contributed by atoms with Crippen LogP contribution < -0.4 is 28.4 Å². The van der Waals surface area contributed by atoms with E-state index >= 15 is 0 Å². The monoisotopic (exact) mass is 772 g/mol. The summed E-state index contributed by atoms with van der Waals surface area (Å²) >= 11 is 0. The molecule has 2 saturated heterocycles. The summed E-state index contributed by atoms with van der Waals surface area (Å²) in [6, 6.07) is 7.07. The van der Waals surface area contributed by atoms with Crippen LogP contribution in [0.5, 0.6) is 34.5 Å². The molecule has 2 aromatic rings. The number of ether oxygens (including phenoxy) is 6. The zero-order valence-electron chi connectivity index (χ0n) is 31.3. The highest BCUT2D eigenvalue weighted by Gasteiger charge is 2.22. The van der Waals surface area contributed by atoms with Gasteiger partial charge in [-0.3, -0.25) is 19.4 Å². The van der Waals surface area contributed by atoms with Crippen LogP contribution in [0.15, 0.2) is 48.6 Å². The van der Waals surface area contributed by atoms with Crippen LogP contribution >= 0.6 is 24.8 Å². The average Bonchev–Trinajstić information content (AvgIpc) is 3.17. The van der Waals surface area contributed by atoms with Gasteiger partial charge in [0.05, 0.1) is 42.7 Å². The van der Waals surface area contributed by atoms with Gasteiger partial charge in [0.15, 0.2) is 23.0 Å². The van der Waals surface area contributed by atoms with Crippen LogP contribution in [0.4, 0.5) is 0 Å². The van der Waals surface area contributed by atoms with Gasteiger partial charge in [-0.25, -0.2) is 0 Å². The van der Waals surface area contributed by atoms with Gasteiger partial charge < -0.3 is 38.2 Å². The van der Waals surface area contributed by atoms with Crippen molar-refractivity contribution in [3.8, 4) is 58.2 Å². The molecule has 14 heteroatoms. The number of hydrogen-bond donors (Lipinski definition) is 0. The van der Waals surface area contributed by atoms with E-state index in [-0.39, 0.29) is 36.6 Å². The van der Waals surface area contributed by atoms with Gasteiger partial charge in [-0.2, -0.15) is 0 Å². The van der Waals surface area contributed by atoms with Crippen LogP contribution in [0.25, 0.3) is 0 Å². The molecular formula is C39H50Cl2N4O8. The van der Waals surface area contributed by atoms with E-state index < -0.39 is 0 Å². The standard InChI is InChI=1S/C39H48N4O8.2ClH/c1-46-32-26-30(27-33(47-2)38(32)50-5)12-7-9-14-36(44)42-22-18-40(19-23-42)16-11-17-41-20-24-43(25-21-41)37(45)15-10-8-13-31-28-34(48-3)39(51-6)35(29-31)49-4;;/h9-10,14-15,26-29H,11,16-25H2,1-6H3;2*1H. The molecule has 0 atom stereocenters. The maximum atomic E-state index is 12.7. The Morgan fingerprint density at radius 2 is 0.868 bits per heavy atom. The van der Waals surface area contributed by atoms with Crippen molar-refractivity contribution >= 4 is 36.6 Å². The van der Waals surface area contributed by atoms with E-state index in [9.17, 15) is 9.59 Å². The van der Waals surface area contributed by atoms with Gasteiger partial charge in [0.1, 0.15) is 0 Å². The summed E-state index contributed by atoms with van der Waals surface area (Å²) in [5.74, 6) is 14.9. The number of carbonyl (C=O) groups is 2. The Hall–Kier alpha value is -4.72. The van der Waals surface area contributed by atoms with E-state index in [1.807, 2.05) is 9.80 Å². The van der Waals surface area contributed by atoms with Crippen LogP contribution in [0.2, 0.25) is 0 Å². The van der Waals surface area contributed by atoms with Gasteiger partial charge in [-0.1, -0.05) is 23.7 Å². The number of benzene rings is 2. The van der Waals surface area contributed by atoms with E-state index in [0.717, 1.165) is 45.7 Å². The van der Waals surface area contributed by atoms with E-state index in [0.29, 0.717) is 71.8 Å². The Morgan fingerprint density at radius 1 is 0.547 bits per heavy atom. The first kappa shape index (κ1) is 44.4. The first-order chi connectivity index (χ1) is 24.8. The second kappa shape index (κ2) is 23.1. The maximum absolute atomic E-state index is 12.7. The van der Waals surface area contributed by atoms with Crippen molar-refractivity contribution in [2.45, 2.75) is 6.42 Å². The summed E-state index contributed by atoms with van der Waals surface area (Å²) in [5, 5.41) is 0. The number of nitrogens with zero attached hydrogens (tertiary/aromatic N) is 4. The lowest BCUT2D eigenvalue weighted by Crippen LogP contribution is -2.50. The number of hydrogen-bond acceptors (Lipinski definition) is 10. The molecule has 0 spiro atoms. The van der Waals surface area contributed by atoms with Crippen LogP contribution in [0.1, 0.15) is 17.5 Å². The van der Waals surface area contributed by atoms with Crippen LogP contribution in [0.3, 0.4) is 0 Å². The molecule has 2 aliphatic rings. The number of carbonyl (C=O) groups excluding carboxylic acids is 2. The minimum absolute atomic E-state index is 0. The fourth-order valence-corrected chi connectivity index (χ4v) is 5.89. The highest BCUT2D eigenvalue weighted by atomic mass is 35.5. The van der Waals surface area contributed by atoms with Crippen molar-refractivity contribution in [3.05, 3.63) is 59.7 Å². The molecular weight excluding hydrogens is 723 g/mol. The molecule has 288 valence electrons. The lowest BCUT2D eigenvalue weighted by atomic mass is 10.2. The van der Waals surface area contributed by atoms with E-state index in [1.165, 1.54) is 12.2 Å². The van der Waals surface area contributed by atoms with Gasteiger partial charge in [0, 0.05) is 75.6 Å². The minimum Gasteiger partial charge on any atom is -0.493 e. The molecule has 0 N–H and O–H groups in total. The predicted octanol–water partition coefficient (Wildman–Crippen LogP) is 3.78. The second-order valence-electron chi connectivity index (χ2n) is 11.7. The predicted molar refractivity (Wildman–Crippen MR) is 209 cm³/mol. The van der Waals surface area contributed by atoms with Crippen molar-refractivity contribution in [1.82, 2.24) is 19.6 Å². The molecule has 0 radical (unpaired) electrons. The van der Waals surface area contributed by atoms with Gasteiger partial charge in [0.25, 0.3) is 0 Å². The average molecular weight is 774 g/mol. The number of piperazine rings is 2. The molecule has 0 unspecified atom stereocenters. The normalized spacial score (nSPS) is 14.5. The molecule has 0 saturated carbocycles. The molecule has 2 amide bonds. The smallest absolute Gasteiger partial charge is 0.247 e. The number of halogens is 2. The molecule has 2 aliphatic heterocycles. The van der Waals surface area contributed by atoms with E-state index in [4.69, 9.17) is 28.4 Å². The number of methoxy groups -OCH3 is 6. The highest BCUT2D eigenvalue weighted by molar-refractivity contribution is 5.88. The van der Waals surface area contributed by atoms with Crippen molar-refractivity contribution in [1.29, 1.82) is 0 Å². The molecule has 12 nitrogen and oxygen atoms in total. The van der Waals surface area contributed by atoms with E-state index in [2.05, 4.69) is 33.5 Å². The van der Waals surface area contributed by atoms with Gasteiger partial charge in [0.2, 0.25) is 23.3 Å². The van der Waals surface area contributed by atoms with Crippen molar-refractivity contribution in [2.24, 2.45) is 0 Å². The molecule has 53 heavy (non-hydrogen) atoms. The lowest BCUT2D eigenvalue weighted by Gasteiger charge is -2.36. The molecule has 2 fully saturated rings. The summed E-state index contributed by atoms with van der Waals surface area (Å²) in [6.45, 7) is 8.06. The number of allylic oxidation sites excluding steroid dienone is 2. The maximum Gasteiger partial charge on any atom is 0.247 e. The topological polar surface area (TPSA) is 102 Å². The summed E-state index contributed by atoms with van der Waals surface area (Å²) in [7, 11) is 9.33. The molecule has 0 aromatic heterocycles. The highest BCUT2D eigenvalue weighted by Crippen LogP contribution is 2.38. The summed E-state index contributed by atoms with van der Waals surface area (Å²) in [4.78, 5) is 34.0. The molecule has 2 heterocycles. The first-order valence-electron chi connectivity index (χ1n) is 16.8. The third-order valence-electron chi connectivity index (χ3n) is 8.70. The van der Waals surface area contributed by atoms with Crippen LogP contribution in [-0.2, 0) is 9.59 Å². The Morgan fingerprint density at radius 3 is 1.15 bits per heavy atom. The Balaban J connectivity index is 0.00000486. The third-order valence-corrected chi connectivity index (χ3v) is 8.70. The van der Waals surface area contributed by atoms with Gasteiger partial charge >= 0.3 is 0 Å². The largest absolute Gasteiger partial charge is 0.493 e. The van der Waals surface area contributed by atoms with Crippen molar-refractivity contribution in [2.75, 3.05) is 108 Å². The Bertz CT molecular complexity index is 1520. The number of rotatable bonds is 12. The van der Waals surface area contributed by atoms with Crippen LogP contribution in [0, 0.1) is 23.7 Å². The Kier molecular flexibility index (Phi) is 19.3. The zero-order chi connectivity index (χ0) is 36.6. The molecule has 4 rings (SSSR count).